The van der Waals surface area contributed by atoms with E-state index < -0.39 is 0 Å². The smallest absolute Gasteiger partial charge is 0.331 e. The van der Waals surface area contributed by atoms with Gasteiger partial charge in [0.15, 0.2) is 0 Å². The Bertz CT molecular complexity index is 467. The van der Waals surface area contributed by atoms with Crippen LogP contribution < -0.4 is 9.47 Å². The predicted molar refractivity (Wildman–Crippen MR) is 79.0 cm³/mol. The Kier molecular flexibility index (Phi) is 6.96. The van der Waals surface area contributed by atoms with Crippen LogP contribution in [0.2, 0.25) is 0 Å². The number of methoxy groups -OCH3 is 2. The summed E-state index contributed by atoms with van der Waals surface area (Å²) in [5, 5.41) is 0. The molecule has 0 bridgehead atoms. The Balaban J connectivity index is 2.64. The molecule has 20 heavy (non-hydrogen) atoms. The van der Waals surface area contributed by atoms with Crippen molar-refractivity contribution in [1.82, 2.24) is 0 Å². The molecule has 0 atom stereocenters. The molecule has 0 amide bonds. The minimum Gasteiger partial charge on any atom is -0.497 e. The standard InChI is InChI=1S/C16H20O4/c1-4-5-6-9-20-16(17)8-7-13-10-14(18-2)12-15(11-13)19-3/h5-8,10-12H,4,9H2,1-3H3/b6-5+,8-7+. The molecule has 0 spiro atoms. The van der Waals surface area contributed by atoms with E-state index in [0.29, 0.717) is 18.1 Å². The highest BCUT2D eigenvalue weighted by Gasteiger charge is 2.00. The highest BCUT2D eigenvalue weighted by Crippen LogP contribution is 2.23. The summed E-state index contributed by atoms with van der Waals surface area (Å²) in [5.74, 6) is 0.957. The summed E-state index contributed by atoms with van der Waals surface area (Å²) >= 11 is 0. The van der Waals surface area contributed by atoms with Crippen molar-refractivity contribution in [3.63, 3.8) is 0 Å². The van der Waals surface area contributed by atoms with Crippen molar-refractivity contribution in [3.05, 3.63) is 42.0 Å². The van der Waals surface area contributed by atoms with Gasteiger partial charge in [-0.3, -0.25) is 0 Å². The zero-order valence-corrected chi connectivity index (χ0v) is 12.1. The van der Waals surface area contributed by atoms with Crippen LogP contribution in [0.4, 0.5) is 0 Å². The lowest BCUT2D eigenvalue weighted by molar-refractivity contribution is -0.136. The molecular weight excluding hydrogens is 256 g/mol. The van der Waals surface area contributed by atoms with Gasteiger partial charge in [-0.05, 0) is 30.2 Å². The molecule has 1 aromatic rings. The lowest BCUT2D eigenvalue weighted by atomic mass is 10.2. The number of esters is 1. The van der Waals surface area contributed by atoms with E-state index in [0.717, 1.165) is 12.0 Å². The fourth-order valence-corrected chi connectivity index (χ4v) is 1.50. The number of rotatable bonds is 7. The zero-order chi connectivity index (χ0) is 14.8. The number of ether oxygens (including phenoxy) is 3. The maximum atomic E-state index is 11.5. The molecule has 0 aromatic heterocycles. The van der Waals surface area contributed by atoms with Gasteiger partial charge >= 0.3 is 5.97 Å². The van der Waals surface area contributed by atoms with Gasteiger partial charge in [-0.1, -0.05) is 19.1 Å². The molecule has 0 unspecified atom stereocenters. The van der Waals surface area contributed by atoms with Crippen LogP contribution in [0.5, 0.6) is 11.5 Å². The summed E-state index contributed by atoms with van der Waals surface area (Å²) in [6.07, 6.45) is 7.74. The van der Waals surface area contributed by atoms with Crippen LogP contribution >= 0.6 is 0 Å². The normalized spacial score (nSPS) is 10.9. The third kappa shape index (κ3) is 5.61. The summed E-state index contributed by atoms with van der Waals surface area (Å²) < 4.78 is 15.3. The summed E-state index contributed by atoms with van der Waals surface area (Å²) in [7, 11) is 3.16. The highest BCUT2D eigenvalue weighted by molar-refractivity contribution is 5.87. The molecule has 0 aliphatic carbocycles. The fraction of sp³-hybridized carbons (Fsp3) is 0.312. The molecule has 108 valence electrons. The van der Waals surface area contributed by atoms with E-state index >= 15 is 0 Å². The number of benzene rings is 1. The summed E-state index contributed by atoms with van der Waals surface area (Å²) in [5.41, 5.74) is 0.808. The fourth-order valence-electron chi connectivity index (χ4n) is 1.50. The second-order valence-corrected chi connectivity index (χ2v) is 3.99. The second kappa shape index (κ2) is 8.80. The monoisotopic (exact) mass is 276 g/mol. The lowest BCUT2D eigenvalue weighted by Crippen LogP contribution is -1.99. The molecule has 4 heteroatoms. The van der Waals surface area contributed by atoms with Crippen molar-refractivity contribution >= 4 is 12.0 Å². The van der Waals surface area contributed by atoms with Gasteiger partial charge in [-0.15, -0.1) is 0 Å². The molecule has 0 N–H and O–H groups in total. The van der Waals surface area contributed by atoms with Gasteiger partial charge in [0.25, 0.3) is 0 Å². The zero-order valence-electron chi connectivity index (χ0n) is 12.1. The Morgan fingerprint density at radius 3 is 2.30 bits per heavy atom. The van der Waals surface area contributed by atoms with Crippen molar-refractivity contribution in [3.8, 4) is 11.5 Å². The van der Waals surface area contributed by atoms with E-state index in [2.05, 4.69) is 0 Å². The van der Waals surface area contributed by atoms with E-state index in [9.17, 15) is 4.79 Å². The Labute approximate surface area is 119 Å². The van der Waals surface area contributed by atoms with Crippen molar-refractivity contribution in [2.45, 2.75) is 13.3 Å². The van der Waals surface area contributed by atoms with Crippen molar-refractivity contribution in [2.24, 2.45) is 0 Å². The number of allylic oxidation sites excluding steroid dienone is 1. The van der Waals surface area contributed by atoms with E-state index in [1.54, 1.807) is 26.4 Å². The van der Waals surface area contributed by atoms with E-state index in [1.165, 1.54) is 6.08 Å². The van der Waals surface area contributed by atoms with E-state index in [1.807, 2.05) is 31.2 Å². The Morgan fingerprint density at radius 2 is 1.75 bits per heavy atom. The first-order chi connectivity index (χ1) is 9.69. The van der Waals surface area contributed by atoms with Crippen LogP contribution in [0.25, 0.3) is 6.08 Å². The van der Waals surface area contributed by atoms with Crippen LogP contribution in [0, 0.1) is 0 Å². The maximum absolute atomic E-state index is 11.5. The van der Waals surface area contributed by atoms with Crippen molar-refractivity contribution in [2.75, 3.05) is 20.8 Å². The SMILES string of the molecule is CC/C=C/COC(=O)/C=C/c1cc(OC)cc(OC)c1. The van der Waals surface area contributed by atoms with Crippen LogP contribution in [0.1, 0.15) is 18.9 Å². The molecule has 0 radical (unpaired) electrons. The third-order valence-electron chi connectivity index (χ3n) is 2.51. The van der Waals surface area contributed by atoms with Gasteiger partial charge in [0, 0.05) is 12.1 Å². The number of carbonyl (C=O) groups is 1. The van der Waals surface area contributed by atoms with Gasteiger partial charge in [0.1, 0.15) is 18.1 Å². The van der Waals surface area contributed by atoms with Crippen molar-refractivity contribution in [1.29, 1.82) is 0 Å². The summed E-state index contributed by atoms with van der Waals surface area (Å²) in [4.78, 5) is 11.5. The molecule has 0 fully saturated rings. The first kappa shape index (κ1) is 15.8. The Morgan fingerprint density at radius 1 is 1.10 bits per heavy atom. The Hall–Kier alpha value is -2.23. The molecule has 0 heterocycles. The predicted octanol–water partition coefficient (Wildman–Crippen LogP) is 3.23. The first-order valence-corrected chi connectivity index (χ1v) is 6.42. The van der Waals surface area contributed by atoms with E-state index in [-0.39, 0.29) is 5.97 Å². The number of carbonyl (C=O) groups excluding carboxylic acids is 1. The van der Waals surface area contributed by atoms with Gasteiger partial charge in [-0.25, -0.2) is 4.79 Å². The van der Waals surface area contributed by atoms with Crippen LogP contribution in [-0.2, 0) is 9.53 Å². The molecule has 0 aliphatic heterocycles. The number of hydrogen-bond acceptors (Lipinski definition) is 4. The second-order valence-electron chi connectivity index (χ2n) is 3.99. The molecule has 0 saturated carbocycles. The highest BCUT2D eigenvalue weighted by atomic mass is 16.5. The van der Waals surface area contributed by atoms with Crippen LogP contribution in [0.15, 0.2) is 36.4 Å². The lowest BCUT2D eigenvalue weighted by Gasteiger charge is -2.05. The molecule has 0 aliphatic rings. The number of hydrogen-bond donors (Lipinski definition) is 0. The molecular formula is C16H20O4. The van der Waals surface area contributed by atoms with Gasteiger partial charge in [0.05, 0.1) is 14.2 Å². The van der Waals surface area contributed by atoms with Crippen LogP contribution in [0.3, 0.4) is 0 Å². The average Bonchev–Trinajstić information content (AvgIpc) is 2.49. The summed E-state index contributed by atoms with van der Waals surface area (Å²) in [6.45, 7) is 2.31. The van der Waals surface area contributed by atoms with Gasteiger partial charge in [-0.2, -0.15) is 0 Å². The maximum Gasteiger partial charge on any atom is 0.331 e. The van der Waals surface area contributed by atoms with Gasteiger partial charge < -0.3 is 14.2 Å². The van der Waals surface area contributed by atoms with Crippen molar-refractivity contribution < 1.29 is 19.0 Å². The molecule has 4 nitrogen and oxygen atoms in total. The quantitative estimate of drug-likeness (QED) is 0.436. The molecule has 0 saturated heterocycles. The van der Waals surface area contributed by atoms with E-state index in [4.69, 9.17) is 14.2 Å². The van der Waals surface area contributed by atoms with Gasteiger partial charge in [0.2, 0.25) is 0 Å². The molecule has 1 rings (SSSR count). The first-order valence-electron chi connectivity index (χ1n) is 6.42. The minimum atomic E-state index is -0.382. The minimum absolute atomic E-state index is 0.290. The molecule has 1 aromatic carbocycles. The topological polar surface area (TPSA) is 44.8 Å². The third-order valence-corrected chi connectivity index (χ3v) is 2.51. The van der Waals surface area contributed by atoms with Crippen LogP contribution in [-0.4, -0.2) is 26.8 Å². The summed E-state index contributed by atoms with van der Waals surface area (Å²) in [6, 6.07) is 5.39. The average molecular weight is 276 g/mol. The largest absolute Gasteiger partial charge is 0.497 e.